The minimum Gasteiger partial charge on any atom is -0.314 e. The van der Waals surface area contributed by atoms with Gasteiger partial charge in [0.2, 0.25) is 0 Å². The van der Waals surface area contributed by atoms with Crippen LogP contribution >= 0.6 is 11.3 Å². The van der Waals surface area contributed by atoms with Gasteiger partial charge >= 0.3 is 0 Å². The number of thiophene rings is 1. The molecule has 0 amide bonds. The van der Waals surface area contributed by atoms with E-state index in [1.54, 1.807) is 0 Å². The third-order valence-electron chi connectivity index (χ3n) is 4.54. The first kappa shape index (κ1) is 16.9. The standard InChI is InChI=1S/C17H31N3S/c1-4-9-18-15(7-8-17-6-5-12-21-17)13-16-14-19(2)10-11-20(16)3/h5-6,12,15-16,18H,4,7-11,13-14H2,1-3H3. The lowest BCUT2D eigenvalue weighted by molar-refractivity contribution is 0.100. The van der Waals surface area contributed by atoms with Crippen LogP contribution in [-0.2, 0) is 6.42 Å². The van der Waals surface area contributed by atoms with E-state index in [9.17, 15) is 0 Å². The van der Waals surface area contributed by atoms with Gasteiger partial charge < -0.3 is 15.1 Å². The molecule has 2 heterocycles. The number of aryl methyl sites for hydroxylation is 1. The molecule has 0 saturated carbocycles. The molecule has 2 unspecified atom stereocenters. The van der Waals surface area contributed by atoms with Crippen molar-refractivity contribution in [3.05, 3.63) is 22.4 Å². The first-order chi connectivity index (χ1) is 10.2. The van der Waals surface area contributed by atoms with Gasteiger partial charge in [0.15, 0.2) is 0 Å². The van der Waals surface area contributed by atoms with Crippen LogP contribution in [0.25, 0.3) is 0 Å². The van der Waals surface area contributed by atoms with Crippen LogP contribution in [0.4, 0.5) is 0 Å². The summed E-state index contributed by atoms with van der Waals surface area (Å²) >= 11 is 1.89. The molecule has 0 aliphatic carbocycles. The number of hydrogen-bond donors (Lipinski definition) is 1. The van der Waals surface area contributed by atoms with E-state index in [1.807, 2.05) is 11.3 Å². The van der Waals surface area contributed by atoms with E-state index in [0.717, 1.165) is 6.54 Å². The number of hydrogen-bond acceptors (Lipinski definition) is 4. The Labute approximate surface area is 134 Å². The molecule has 3 nitrogen and oxygen atoms in total. The van der Waals surface area contributed by atoms with Gasteiger partial charge in [-0.2, -0.15) is 0 Å². The first-order valence-electron chi connectivity index (χ1n) is 8.33. The van der Waals surface area contributed by atoms with E-state index in [-0.39, 0.29) is 0 Å². The van der Waals surface area contributed by atoms with E-state index < -0.39 is 0 Å². The fourth-order valence-corrected chi connectivity index (χ4v) is 3.83. The first-order valence-corrected chi connectivity index (χ1v) is 9.21. The van der Waals surface area contributed by atoms with Crippen LogP contribution in [0.1, 0.15) is 31.1 Å². The van der Waals surface area contributed by atoms with E-state index in [1.165, 1.54) is 50.2 Å². The third kappa shape index (κ3) is 5.70. The number of nitrogens with one attached hydrogen (secondary N) is 1. The summed E-state index contributed by atoms with van der Waals surface area (Å²) in [5.74, 6) is 0. The molecular formula is C17H31N3S. The second-order valence-corrected chi connectivity index (χ2v) is 7.43. The maximum absolute atomic E-state index is 3.77. The van der Waals surface area contributed by atoms with Gasteiger partial charge in [-0.1, -0.05) is 13.0 Å². The Hall–Kier alpha value is -0.420. The summed E-state index contributed by atoms with van der Waals surface area (Å²) in [5.41, 5.74) is 0. The average molecular weight is 310 g/mol. The van der Waals surface area contributed by atoms with Crippen molar-refractivity contribution in [3.63, 3.8) is 0 Å². The highest BCUT2D eigenvalue weighted by Crippen LogP contribution is 2.17. The lowest BCUT2D eigenvalue weighted by Gasteiger charge is -2.39. The summed E-state index contributed by atoms with van der Waals surface area (Å²) in [5, 5.41) is 5.96. The SMILES string of the molecule is CCCNC(CCc1cccs1)CC1CN(C)CCN1C. The Morgan fingerprint density at radius 3 is 2.95 bits per heavy atom. The molecule has 1 N–H and O–H groups in total. The number of piperazine rings is 1. The summed E-state index contributed by atoms with van der Waals surface area (Å²) < 4.78 is 0. The zero-order valence-electron chi connectivity index (χ0n) is 13.8. The molecule has 0 spiro atoms. The summed E-state index contributed by atoms with van der Waals surface area (Å²) in [4.78, 5) is 6.54. The minimum atomic E-state index is 0.644. The molecule has 2 rings (SSSR count). The van der Waals surface area contributed by atoms with Gasteiger partial charge in [0.05, 0.1) is 0 Å². The Kier molecular flexibility index (Phi) is 7.17. The molecule has 0 radical (unpaired) electrons. The van der Waals surface area contributed by atoms with Crippen LogP contribution in [0, 0.1) is 0 Å². The smallest absolute Gasteiger partial charge is 0.0235 e. The minimum absolute atomic E-state index is 0.644. The van der Waals surface area contributed by atoms with E-state index in [0.29, 0.717) is 12.1 Å². The maximum atomic E-state index is 3.77. The van der Waals surface area contributed by atoms with E-state index >= 15 is 0 Å². The Morgan fingerprint density at radius 2 is 2.24 bits per heavy atom. The van der Waals surface area contributed by atoms with Crippen LogP contribution in [0.2, 0.25) is 0 Å². The van der Waals surface area contributed by atoms with Crippen molar-refractivity contribution in [3.8, 4) is 0 Å². The highest BCUT2D eigenvalue weighted by molar-refractivity contribution is 7.09. The zero-order chi connectivity index (χ0) is 15.1. The summed E-state index contributed by atoms with van der Waals surface area (Å²) in [7, 11) is 4.54. The lowest BCUT2D eigenvalue weighted by Crippen LogP contribution is -2.52. The summed E-state index contributed by atoms with van der Waals surface area (Å²) in [6.45, 7) is 7.01. The molecule has 1 fully saturated rings. The van der Waals surface area contributed by atoms with Crippen molar-refractivity contribution in [2.45, 2.75) is 44.7 Å². The highest BCUT2D eigenvalue weighted by atomic mass is 32.1. The van der Waals surface area contributed by atoms with Crippen molar-refractivity contribution in [1.29, 1.82) is 0 Å². The van der Waals surface area contributed by atoms with Crippen molar-refractivity contribution in [1.82, 2.24) is 15.1 Å². The van der Waals surface area contributed by atoms with Crippen LogP contribution in [-0.4, -0.2) is 62.2 Å². The fraction of sp³-hybridized carbons (Fsp3) is 0.765. The van der Waals surface area contributed by atoms with E-state index in [4.69, 9.17) is 0 Å². The fourth-order valence-electron chi connectivity index (χ4n) is 3.11. The topological polar surface area (TPSA) is 18.5 Å². The van der Waals surface area contributed by atoms with Crippen LogP contribution in [0.15, 0.2) is 17.5 Å². The van der Waals surface area contributed by atoms with Crippen molar-refractivity contribution in [2.24, 2.45) is 0 Å². The largest absolute Gasteiger partial charge is 0.314 e. The maximum Gasteiger partial charge on any atom is 0.0235 e. The Morgan fingerprint density at radius 1 is 1.38 bits per heavy atom. The van der Waals surface area contributed by atoms with Gasteiger partial charge in [-0.25, -0.2) is 0 Å². The highest BCUT2D eigenvalue weighted by Gasteiger charge is 2.25. The Balaban J connectivity index is 1.85. The normalized spacial score (nSPS) is 22.5. The second kappa shape index (κ2) is 8.89. The summed E-state index contributed by atoms with van der Waals surface area (Å²) in [6, 6.07) is 5.77. The van der Waals surface area contributed by atoms with Gasteiger partial charge in [-0.15, -0.1) is 11.3 Å². The molecule has 1 aromatic heterocycles. The predicted octanol–water partition coefficient (Wildman–Crippen LogP) is 2.68. The van der Waals surface area contributed by atoms with Crippen LogP contribution in [0.5, 0.6) is 0 Å². The van der Waals surface area contributed by atoms with Gasteiger partial charge in [0, 0.05) is 36.6 Å². The quantitative estimate of drug-likeness (QED) is 0.796. The molecular weight excluding hydrogens is 278 g/mol. The monoisotopic (exact) mass is 309 g/mol. The van der Waals surface area contributed by atoms with Gasteiger partial charge in [-0.3, -0.25) is 0 Å². The van der Waals surface area contributed by atoms with Crippen LogP contribution < -0.4 is 5.32 Å². The molecule has 1 aromatic rings. The predicted molar refractivity (Wildman–Crippen MR) is 93.3 cm³/mol. The molecule has 1 aliphatic rings. The Bertz CT molecular complexity index is 379. The average Bonchev–Trinajstić information content (AvgIpc) is 2.99. The van der Waals surface area contributed by atoms with Crippen molar-refractivity contribution in [2.75, 3.05) is 40.3 Å². The van der Waals surface area contributed by atoms with Gasteiger partial charge in [-0.05, 0) is 57.8 Å². The zero-order valence-corrected chi connectivity index (χ0v) is 14.7. The lowest BCUT2D eigenvalue weighted by atomic mass is 9.99. The molecule has 1 aliphatic heterocycles. The molecule has 0 bridgehead atoms. The molecule has 2 atom stereocenters. The number of likely N-dealkylation sites (N-methyl/N-ethyl adjacent to an activating group) is 2. The van der Waals surface area contributed by atoms with E-state index in [2.05, 4.69) is 53.6 Å². The molecule has 21 heavy (non-hydrogen) atoms. The van der Waals surface area contributed by atoms with Gasteiger partial charge in [0.25, 0.3) is 0 Å². The second-order valence-electron chi connectivity index (χ2n) is 6.40. The number of nitrogens with zero attached hydrogens (tertiary/aromatic N) is 2. The van der Waals surface area contributed by atoms with Crippen LogP contribution in [0.3, 0.4) is 0 Å². The molecule has 0 aromatic carbocycles. The third-order valence-corrected chi connectivity index (χ3v) is 5.48. The molecule has 120 valence electrons. The van der Waals surface area contributed by atoms with Crippen molar-refractivity contribution >= 4 is 11.3 Å². The van der Waals surface area contributed by atoms with Gasteiger partial charge in [0.1, 0.15) is 0 Å². The molecule has 1 saturated heterocycles. The number of rotatable bonds is 8. The summed E-state index contributed by atoms with van der Waals surface area (Å²) in [6.07, 6.45) is 4.96. The van der Waals surface area contributed by atoms with Crippen molar-refractivity contribution < 1.29 is 0 Å². The molecule has 4 heteroatoms.